The van der Waals surface area contributed by atoms with Gasteiger partial charge in [-0.3, -0.25) is 19.4 Å². The molecule has 1 aromatic heterocycles. The lowest BCUT2D eigenvalue weighted by Gasteiger charge is -2.15. The van der Waals surface area contributed by atoms with Crippen molar-refractivity contribution in [1.29, 1.82) is 0 Å². The third-order valence-electron chi connectivity index (χ3n) is 2.97. The summed E-state index contributed by atoms with van der Waals surface area (Å²) in [4.78, 5) is 42.4. The molecule has 0 aromatic carbocycles. The predicted molar refractivity (Wildman–Crippen MR) is 83.2 cm³/mol. The summed E-state index contributed by atoms with van der Waals surface area (Å²) in [6, 6.07) is -0.644. The summed E-state index contributed by atoms with van der Waals surface area (Å²) in [6.07, 6.45) is 4.24. The maximum Gasteiger partial charge on any atom is 0.271 e. The Morgan fingerprint density at radius 3 is 2.43 bits per heavy atom. The van der Waals surface area contributed by atoms with Crippen molar-refractivity contribution in [3.05, 3.63) is 24.3 Å². The van der Waals surface area contributed by atoms with Crippen LogP contribution >= 0.6 is 0 Å². The van der Waals surface area contributed by atoms with E-state index in [0.717, 1.165) is 0 Å². The highest BCUT2D eigenvalue weighted by Gasteiger charge is 2.17. The first-order valence-corrected chi connectivity index (χ1v) is 7.26. The van der Waals surface area contributed by atoms with Gasteiger partial charge in [0.25, 0.3) is 5.91 Å². The molecule has 0 unspecified atom stereocenters. The number of hydrogen-bond donors (Lipinski definition) is 4. The van der Waals surface area contributed by atoms with E-state index in [4.69, 9.17) is 5.73 Å². The topological polar surface area (TPSA) is 139 Å². The largest absolute Gasteiger partial charge is 0.353 e. The van der Waals surface area contributed by atoms with Crippen LogP contribution in [0.3, 0.4) is 0 Å². The third kappa shape index (κ3) is 6.83. The van der Waals surface area contributed by atoms with Gasteiger partial charge in [0.05, 0.1) is 18.8 Å². The number of carbonyl (C=O) groups is 3. The maximum absolute atomic E-state index is 11.6. The molecule has 0 spiro atoms. The SMILES string of the molecule is CC(C)[C@H](N)C(=O)NCC(=O)NCCNC(=O)c1cnccn1. The maximum atomic E-state index is 11.6. The molecule has 5 N–H and O–H groups in total. The third-order valence-corrected chi connectivity index (χ3v) is 2.97. The lowest BCUT2D eigenvalue weighted by molar-refractivity contribution is -0.127. The van der Waals surface area contributed by atoms with E-state index < -0.39 is 6.04 Å². The van der Waals surface area contributed by atoms with E-state index in [1.165, 1.54) is 18.6 Å². The molecule has 0 aliphatic heterocycles. The summed E-state index contributed by atoms with van der Waals surface area (Å²) >= 11 is 0. The van der Waals surface area contributed by atoms with Gasteiger partial charge in [-0.15, -0.1) is 0 Å². The van der Waals surface area contributed by atoms with Crippen molar-refractivity contribution in [1.82, 2.24) is 25.9 Å². The molecule has 1 rings (SSSR count). The van der Waals surface area contributed by atoms with Crippen LogP contribution in [0.15, 0.2) is 18.6 Å². The zero-order chi connectivity index (χ0) is 17.2. The molecule has 23 heavy (non-hydrogen) atoms. The number of nitrogens with zero attached hydrogens (tertiary/aromatic N) is 2. The minimum atomic E-state index is -0.644. The Balaban J connectivity index is 2.17. The fourth-order valence-electron chi connectivity index (χ4n) is 1.54. The fourth-order valence-corrected chi connectivity index (χ4v) is 1.54. The number of nitrogens with two attached hydrogens (primary N) is 1. The molecule has 126 valence electrons. The lowest BCUT2D eigenvalue weighted by atomic mass is 10.1. The molecule has 0 radical (unpaired) electrons. The molecule has 9 nitrogen and oxygen atoms in total. The zero-order valence-corrected chi connectivity index (χ0v) is 13.2. The molecule has 0 aliphatic carbocycles. The highest BCUT2D eigenvalue weighted by molar-refractivity contribution is 5.92. The standard InChI is InChI=1S/C14H22N6O3/c1-9(2)12(15)14(23)20-8-11(21)18-5-6-19-13(22)10-7-16-3-4-17-10/h3-4,7,9,12H,5-6,8,15H2,1-2H3,(H,18,21)(H,19,22)(H,20,23)/t12-/m0/s1. The Hall–Kier alpha value is -2.55. The van der Waals surface area contributed by atoms with Crippen LogP contribution in [0, 0.1) is 5.92 Å². The monoisotopic (exact) mass is 322 g/mol. The van der Waals surface area contributed by atoms with Crippen LogP contribution in [-0.4, -0.2) is 53.4 Å². The summed E-state index contributed by atoms with van der Waals surface area (Å²) < 4.78 is 0. The Morgan fingerprint density at radius 1 is 1.13 bits per heavy atom. The summed E-state index contributed by atoms with van der Waals surface area (Å²) in [6.45, 7) is 3.96. The minimum Gasteiger partial charge on any atom is -0.353 e. The summed E-state index contributed by atoms with van der Waals surface area (Å²) in [7, 11) is 0. The number of carbonyl (C=O) groups excluding carboxylic acids is 3. The van der Waals surface area contributed by atoms with Gasteiger partial charge in [-0.25, -0.2) is 4.98 Å². The molecule has 1 aromatic rings. The highest BCUT2D eigenvalue weighted by atomic mass is 16.2. The van der Waals surface area contributed by atoms with Crippen LogP contribution in [0.1, 0.15) is 24.3 Å². The van der Waals surface area contributed by atoms with Crippen LogP contribution in [-0.2, 0) is 9.59 Å². The Kier molecular flexibility index (Phi) is 7.61. The number of hydrogen-bond acceptors (Lipinski definition) is 6. The molecular weight excluding hydrogens is 300 g/mol. The van der Waals surface area contributed by atoms with Gasteiger partial charge < -0.3 is 21.7 Å². The summed E-state index contributed by atoms with van der Waals surface area (Å²) in [5, 5.41) is 7.61. The molecular formula is C14H22N6O3. The average molecular weight is 322 g/mol. The smallest absolute Gasteiger partial charge is 0.271 e. The Bertz CT molecular complexity index is 535. The van der Waals surface area contributed by atoms with Crippen molar-refractivity contribution in [2.45, 2.75) is 19.9 Å². The van der Waals surface area contributed by atoms with E-state index in [1.807, 2.05) is 13.8 Å². The van der Waals surface area contributed by atoms with Gasteiger partial charge in [-0.1, -0.05) is 13.8 Å². The second-order valence-electron chi connectivity index (χ2n) is 5.18. The highest BCUT2D eigenvalue weighted by Crippen LogP contribution is 1.97. The zero-order valence-electron chi connectivity index (χ0n) is 13.2. The molecule has 3 amide bonds. The van der Waals surface area contributed by atoms with Crippen LogP contribution in [0.4, 0.5) is 0 Å². The van der Waals surface area contributed by atoms with Crippen LogP contribution in [0.2, 0.25) is 0 Å². The van der Waals surface area contributed by atoms with E-state index >= 15 is 0 Å². The van der Waals surface area contributed by atoms with Gasteiger partial charge >= 0.3 is 0 Å². The average Bonchev–Trinajstić information content (AvgIpc) is 2.56. The molecule has 9 heteroatoms. The second kappa shape index (κ2) is 9.46. The second-order valence-corrected chi connectivity index (χ2v) is 5.18. The van der Waals surface area contributed by atoms with Crippen molar-refractivity contribution in [2.24, 2.45) is 11.7 Å². The number of amides is 3. The van der Waals surface area contributed by atoms with Crippen molar-refractivity contribution in [3.8, 4) is 0 Å². The van der Waals surface area contributed by atoms with E-state index in [2.05, 4.69) is 25.9 Å². The molecule has 0 aliphatic rings. The van der Waals surface area contributed by atoms with Crippen LogP contribution in [0.5, 0.6) is 0 Å². The van der Waals surface area contributed by atoms with E-state index in [1.54, 1.807) is 0 Å². The minimum absolute atomic E-state index is 0.00522. The molecule has 0 fully saturated rings. The molecule has 1 atom stereocenters. The van der Waals surface area contributed by atoms with E-state index in [9.17, 15) is 14.4 Å². The first-order chi connectivity index (χ1) is 10.9. The molecule has 1 heterocycles. The fraction of sp³-hybridized carbons (Fsp3) is 0.500. The lowest BCUT2D eigenvalue weighted by Crippen LogP contribution is -2.47. The Labute approximate surface area is 134 Å². The van der Waals surface area contributed by atoms with Gasteiger partial charge in [-0.2, -0.15) is 0 Å². The molecule has 0 saturated carbocycles. The number of nitrogens with one attached hydrogen (secondary N) is 3. The van der Waals surface area contributed by atoms with Gasteiger partial charge in [-0.05, 0) is 5.92 Å². The predicted octanol–water partition coefficient (Wildman–Crippen LogP) is -1.58. The quantitative estimate of drug-likeness (QED) is 0.426. The van der Waals surface area contributed by atoms with Crippen LogP contribution < -0.4 is 21.7 Å². The summed E-state index contributed by atoms with van der Waals surface area (Å²) in [5.74, 6) is -1.10. The van der Waals surface area contributed by atoms with Crippen LogP contribution in [0.25, 0.3) is 0 Å². The van der Waals surface area contributed by atoms with E-state index in [-0.39, 0.29) is 49.0 Å². The normalized spacial score (nSPS) is 11.7. The number of aromatic nitrogens is 2. The first-order valence-electron chi connectivity index (χ1n) is 7.26. The van der Waals surface area contributed by atoms with Crippen molar-refractivity contribution in [2.75, 3.05) is 19.6 Å². The molecule has 0 bridgehead atoms. The Morgan fingerprint density at radius 2 is 1.83 bits per heavy atom. The van der Waals surface area contributed by atoms with E-state index in [0.29, 0.717) is 0 Å². The van der Waals surface area contributed by atoms with Crippen molar-refractivity contribution >= 4 is 17.7 Å². The van der Waals surface area contributed by atoms with Gasteiger partial charge in [0.1, 0.15) is 5.69 Å². The number of rotatable bonds is 8. The van der Waals surface area contributed by atoms with Gasteiger partial charge in [0.2, 0.25) is 11.8 Å². The van der Waals surface area contributed by atoms with Crippen molar-refractivity contribution in [3.63, 3.8) is 0 Å². The summed E-state index contributed by atoms with van der Waals surface area (Å²) in [5.41, 5.74) is 5.86. The first kappa shape index (κ1) is 18.5. The van der Waals surface area contributed by atoms with Crippen molar-refractivity contribution < 1.29 is 14.4 Å². The van der Waals surface area contributed by atoms with Gasteiger partial charge in [0.15, 0.2) is 0 Å². The molecule has 0 saturated heterocycles. The van der Waals surface area contributed by atoms with Gasteiger partial charge in [0, 0.05) is 25.5 Å².